The highest BCUT2D eigenvalue weighted by Gasteiger charge is 2.21. The molecule has 0 bridgehead atoms. The molecule has 0 saturated carbocycles. The molecule has 3 rings (SSSR count). The van der Waals surface area contributed by atoms with E-state index in [0.29, 0.717) is 15.7 Å². The minimum Gasteiger partial charge on any atom is -0.322 e. The third kappa shape index (κ3) is 4.89. The van der Waals surface area contributed by atoms with Gasteiger partial charge in [0.2, 0.25) is 5.91 Å². The van der Waals surface area contributed by atoms with Crippen LogP contribution < -0.4 is 10.6 Å². The Morgan fingerprint density at radius 1 is 0.778 bits per heavy atom. The lowest BCUT2D eigenvalue weighted by molar-refractivity contribution is -0.117. The summed E-state index contributed by atoms with van der Waals surface area (Å²) in [6.45, 7) is 1.82. The molecule has 0 aliphatic carbocycles. The fraction of sp³-hybridized carbons (Fsp3) is 0.136. The molecule has 0 saturated heterocycles. The smallest absolute Gasteiger partial charge is 0.241 e. The molecule has 27 heavy (non-hydrogen) atoms. The van der Waals surface area contributed by atoms with E-state index >= 15 is 0 Å². The minimum atomic E-state index is -0.470. The molecule has 1 atom stereocenters. The monoisotopic (exact) mass is 398 g/mol. The number of carbonyl (C=O) groups excluding carboxylic acids is 1. The SMILES string of the molecule is C[C@H](NC(c1ccccc1)c1ccccc1)C(=O)Nc1c(Cl)cccc1Cl. The van der Waals surface area contributed by atoms with Crippen molar-refractivity contribution in [1.29, 1.82) is 0 Å². The number of rotatable bonds is 6. The Morgan fingerprint density at radius 2 is 1.26 bits per heavy atom. The summed E-state index contributed by atoms with van der Waals surface area (Å²) in [6, 6.07) is 24.6. The van der Waals surface area contributed by atoms with Gasteiger partial charge in [0.15, 0.2) is 0 Å². The number of anilines is 1. The van der Waals surface area contributed by atoms with Crippen molar-refractivity contribution in [1.82, 2.24) is 5.32 Å². The van der Waals surface area contributed by atoms with Gasteiger partial charge in [-0.15, -0.1) is 0 Å². The minimum absolute atomic E-state index is 0.116. The van der Waals surface area contributed by atoms with E-state index in [-0.39, 0.29) is 11.9 Å². The third-order valence-electron chi connectivity index (χ3n) is 4.29. The van der Waals surface area contributed by atoms with Gasteiger partial charge in [0.25, 0.3) is 0 Å². The molecule has 3 aromatic carbocycles. The molecule has 138 valence electrons. The van der Waals surface area contributed by atoms with Crippen LogP contribution in [0.3, 0.4) is 0 Å². The quantitative estimate of drug-likeness (QED) is 0.558. The Morgan fingerprint density at radius 3 is 1.74 bits per heavy atom. The van der Waals surface area contributed by atoms with E-state index in [1.54, 1.807) is 18.2 Å². The average molecular weight is 399 g/mol. The molecule has 5 heteroatoms. The molecule has 0 unspecified atom stereocenters. The predicted molar refractivity (Wildman–Crippen MR) is 112 cm³/mol. The van der Waals surface area contributed by atoms with Crippen LogP contribution in [0.15, 0.2) is 78.9 Å². The lowest BCUT2D eigenvalue weighted by atomic mass is 9.98. The summed E-state index contributed by atoms with van der Waals surface area (Å²) in [6.07, 6.45) is 0. The molecular weight excluding hydrogens is 379 g/mol. The van der Waals surface area contributed by atoms with Crippen molar-refractivity contribution in [2.75, 3.05) is 5.32 Å². The Labute approximate surface area is 169 Å². The predicted octanol–water partition coefficient (Wildman–Crippen LogP) is 5.70. The van der Waals surface area contributed by atoms with Gasteiger partial charge in [0.05, 0.1) is 27.8 Å². The zero-order valence-corrected chi connectivity index (χ0v) is 16.3. The molecule has 0 heterocycles. The number of nitrogens with one attached hydrogen (secondary N) is 2. The summed E-state index contributed by atoms with van der Waals surface area (Å²) in [5, 5.41) is 7.05. The number of hydrogen-bond donors (Lipinski definition) is 2. The number of hydrogen-bond acceptors (Lipinski definition) is 2. The largest absolute Gasteiger partial charge is 0.322 e. The molecule has 1 amide bonds. The molecule has 0 aliphatic heterocycles. The van der Waals surface area contributed by atoms with Crippen LogP contribution in [0.4, 0.5) is 5.69 Å². The van der Waals surface area contributed by atoms with Crippen LogP contribution >= 0.6 is 23.2 Å². The van der Waals surface area contributed by atoms with Crippen LogP contribution in [0.25, 0.3) is 0 Å². The number of amides is 1. The fourth-order valence-electron chi connectivity index (χ4n) is 2.85. The Kier molecular flexibility index (Phi) is 6.51. The maximum atomic E-state index is 12.7. The van der Waals surface area contributed by atoms with Crippen molar-refractivity contribution in [3.05, 3.63) is 100 Å². The molecule has 0 fully saturated rings. The standard InChI is InChI=1S/C22H20Cl2N2O/c1-15(22(27)26-21-18(23)13-8-14-19(21)24)25-20(16-9-4-2-5-10-16)17-11-6-3-7-12-17/h2-15,20,25H,1H3,(H,26,27)/t15-/m0/s1. The maximum Gasteiger partial charge on any atom is 0.241 e. The molecule has 0 radical (unpaired) electrons. The highest BCUT2D eigenvalue weighted by molar-refractivity contribution is 6.39. The lowest BCUT2D eigenvalue weighted by Gasteiger charge is -2.24. The van der Waals surface area contributed by atoms with E-state index in [2.05, 4.69) is 10.6 Å². The van der Waals surface area contributed by atoms with Crippen LogP contribution in [-0.2, 0) is 4.79 Å². The van der Waals surface area contributed by atoms with Crippen molar-refractivity contribution >= 4 is 34.8 Å². The zero-order chi connectivity index (χ0) is 19.2. The first-order valence-electron chi connectivity index (χ1n) is 8.67. The first kappa shape index (κ1) is 19.4. The first-order valence-corrected chi connectivity index (χ1v) is 9.42. The van der Waals surface area contributed by atoms with Gasteiger partial charge < -0.3 is 5.32 Å². The second-order valence-corrected chi connectivity index (χ2v) is 7.04. The van der Waals surface area contributed by atoms with E-state index in [1.807, 2.05) is 67.6 Å². The van der Waals surface area contributed by atoms with Gasteiger partial charge in [-0.05, 0) is 30.2 Å². The molecule has 3 nitrogen and oxygen atoms in total. The van der Waals surface area contributed by atoms with Gasteiger partial charge >= 0.3 is 0 Å². The lowest BCUT2D eigenvalue weighted by Crippen LogP contribution is -2.40. The Balaban J connectivity index is 1.80. The number of carbonyl (C=O) groups is 1. The van der Waals surface area contributed by atoms with Gasteiger partial charge in [-0.2, -0.15) is 0 Å². The normalized spacial score (nSPS) is 12.0. The van der Waals surface area contributed by atoms with Crippen molar-refractivity contribution in [2.45, 2.75) is 19.0 Å². The molecule has 0 aromatic heterocycles. The highest BCUT2D eigenvalue weighted by atomic mass is 35.5. The maximum absolute atomic E-state index is 12.7. The van der Waals surface area contributed by atoms with Crippen molar-refractivity contribution in [3.8, 4) is 0 Å². The summed E-state index contributed by atoms with van der Waals surface area (Å²) in [4.78, 5) is 12.7. The summed E-state index contributed by atoms with van der Waals surface area (Å²) in [5.41, 5.74) is 2.59. The number of halogens is 2. The molecule has 3 aromatic rings. The number of para-hydroxylation sites is 1. The average Bonchev–Trinajstić information content (AvgIpc) is 2.70. The topological polar surface area (TPSA) is 41.1 Å². The number of benzene rings is 3. The van der Waals surface area contributed by atoms with Gasteiger partial charge in [-0.3, -0.25) is 10.1 Å². The third-order valence-corrected chi connectivity index (χ3v) is 4.92. The summed E-state index contributed by atoms with van der Waals surface area (Å²) in [7, 11) is 0. The summed E-state index contributed by atoms with van der Waals surface area (Å²) >= 11 is 12.3. The second kappa shape index (κ2) is 9.05. The van der Waals surface area contributed by atoms with E-state index in [9.17, 15) is 4.79 Å². The molecule has 0 aliphatic rings. The molecule has 0 spiro atoms. The van der Waals surface area contributed by atoms with Gasteiger partial charge in [-0.1, -0.05) is 89.9 Å². The first-order chi connectivity index (χ1) is 13.1. The van der Waals surface area contributed by atoms with Gasteiger partial charge in [0, 0.05) is 0 Å². The second-order valence-electron chi connectivity index (χ2n) is 6.23. The zero-order valence-electron chi connectivity index (χ0n) is 14.8. The highest BCUT2D eigenvalue weighted by Crippen LogP contribution is 2.30. The Bertz CT molecular complexity index is 841. The van der Waals surface area contributed by atoms with Crippen molar-refractivity contribution in [2.24, 2.45) is 0 Å². The van der Waals surface area contributed by atoms with Crippen LogP contribution in [0.5, 0.6) is 0 Å². The van der Waals surface area contributed by atoms with Crippen LogP contribution in [0.2, 0.25) is 10.0 Å². The summed E-state index contributed by atoms with van der Waals surface area (Å²) in [5.74, 6) is -0.207. The van der Waals surface area contributed by atoms with Gasteiger partial charge in [0.1, 0.15) is 0 Å². The molecule has 2 N–H and O–H groups in total. The van der Waals surface area contributed by atoms with E-state index in [1.165, 1.54) is 0 Å². The Hall–Kier alpha value is -2.33. The van der Waals surface area contributed by atoms with E-state index in [0.717, 1.165) is 11.1 Å². The van der Waals surface area contributed by atoms with E-state index in [4.69, 9.17) is 23.2 Å². The summed E-state index contributed by atoms with van der Waals surface area (Å²) < 4.78 is 0. The van der Waals surface area contributed by atoms with Crippen molar-refractivity contribution < 1.29 is 4.79 Å². The van der Waals surface area contributed by atoms with Crippen LogP contribution in [-0.4, -0.2) is 11.9 Å². The van der Waals surface area contributed by atoms with Crippen LogP contribution in [0, 0.1) is 0 Å². The van der Waals surface area contributed by atoms with Gasteiger partial charge in [-0.25, -0.2) is 0 Å². The van der Waals surface area contributed by atoms with E-state index < -0.39 is 6.04 Å². The van der Waals surface area contributed by atoms with Crippen LogP contribution in [0.1, 0.15) is 24.1 Å². The molecular formula is C22H20Cl2N2O. The van der Waals surface area contributed by atoms with Crippen molar-refractivity contribution in [3.63, 3.8) is 0 Å². The fourth-order valence-corrected chi connectivity index (χ4v) is 3.34.